The molecule has 0 bridgehead atoms. The van der Waals surface area contributed by atoms with Crippen LogP contribution in [-0.2, 0) is 13.0 Å². The summed E-state index contributed by atoms with van der Waals surface area (Å²) in [5.41, 5.74) is 1.13. The first-order chi connectivity index (χ1) is 12.6. The van der Waals surface area contributed by atoms with E-state index in [0.717, 1.165) is 49.0 Å². The lowest BCUT2D eigenvalue weighted by molar-refractivity contribution is 0.368. The first-order valence-electron chi connectivity index (χ1n) is 9.10. The number of nitrogens with zero attached hydrogens (tertiary/aromatic N) is 3. The lowest BCUT2D eigenvalue weighted by atomic mass is 10.2. The summed E-state index contributed by atoms with van der Waals surface area (Å²) in [5, 5.41) is 10.6. The Labute approximate surface area is 178 Å². The number of aryl methyl sites for hydroxylation is 1. The molecule has 0 aliphatic heterocycles. The van der Waals surface area contributed by atoms with E-state index in [0.29, 0.717) is 12.4 Å². The number of nitrogens with one attached hydrogen (secondary N) is 2. The van der Waals surface area contributed by atoms with Gasteiger partial charge in [-0.2, -0.15) is 4.98 Å². The van der Waals surface area contributed by atoms with Crippen LogP contribution in [0.15, 0.2) is 33.8 Å². The number of guanidine groups is 1. The molecule has 7 nitrogen and oxygen atoms in total. The first kappa shape index (κ1) is 23.2. The maximum absolute atomic E-state index is 5.26. The second-order valence-corrected chi connectivity index (χ2v) is 6.27. The minimum Gasteiger partial charge on any atom is -0.497 e. The Balaban J connectivity index is 0.00000364. The van der Waals surface area contributed by atoms with Crippen molar-refractivity contribution in [1.29, 1.82) is 0 Å². The molecule has 0 aliphatic carbocycles. The van der Waals surface area contributed by atoms with E-state index in [1.54, 1.807) is 7.11 Å². The molecule has 27 heavy (non-hydrogen) atoms. The summed E-state index contributed by atoms with van der Waals surface area (Å²) in [6, 6.07) is 7.93. The van der Waals surface area contributed by atoms with Crippen LogP contribution in [0.2, 0.25) is 0 Å². The first-order valence-corrected chi connectivity index (χ1v) is 9.10. The molecule has 0 fully saturated rings. The minimum absolute atomic E-state index is 0. The number of ether oxygens (including phenoxy) is 1. The highest BCUT2D eigenvalue weighted by atomic mass is 127. The van der Waals surface area contributed by atoms with Crippen LogP contribution in [0.5, 0.6) is 5.75 Å². The zero-order valence-electron chi connectivity index (χ0n) is 16.5. The van der Waals surface area contributed by atoms with Crippen molar-refractivity contribution in [3.63, 3.8) is 0 Å². The van der Waals surface area contributed by atoms with E-state index in [9.17, 15) is 0 Å². The molecule has 0 atom stereocenters. The zero-order chi connectivity index (χ0) is 18.8. The van der Waals surface area contributed by atoms with Crippen LogP contribution < -0.4 is 15.4 Å². The standard InChI is InChI=1S/C19H29N5O2.HI/c1-5-20-19(22-13-15-8-10-16(25-4)11-9-15)21-12-6-7-17-23-18(14(2)3)24-26-17;/h8-11,14H,5-7,12-13H2,1-4H3,(H2,20,21,22);1H. The predicted octanol–water partition coefficient (Wildman–Crippen LogP) is 3.51. The molecule has 1 aromatic carbocycles. The summed E-state index contributed by atoms with van der Waals surface area (Å²) < 4.78 is 10.4. The fraction of sp³-hybridized carbons (Fsp3) is 0.526. The maximum Gasteiger partial charge on any atom is 0.226 e. The lowest BCUT2D eigenvalue weighted by Gasteiger charge is -2.11. The normalized spacial score (nSPS) is 11.2. The average Bonchev–Trinajstić information content (AvgIpc) is 3.13. The van der Waals surface area contributed by atoms with Gasteiger partial charge in [0, 0.05) is 25.4 Å². The van der Waals surface area contributed by atoms with Crippen molar-refractivity contribution < 1.29 is 9.26 Å². The molecule has 0 unspecified atom stereocenters. The fourth-order valence-electron chi connectivity index (χ4n) is 2.29. The lowest BCUT2D eigenvalue weighted by Crippen LogP contribution is -2.37. The topological polar surface area (TPSA) is 84.6 Å². The number of hydrogen-bond donors (Lipinski definition) is 2. The molecular formula is C19H30IN5O2. The number of methoxy groups -OCH3 is 1. The van der Waals surface area contributed by atoms with E-state index in [-0.39, 0.29) is 29.9 Å². The Morgan fingerprint density at radius 3 is 2.56 bits per heavy atom. The zero-order valence-corrected chi connectivity index (χ0v) is 18.8. The van der Waals surface area contributed by atoms with Gasteiger partial charge in [0.2, 0.25) is 5.89 Å². The molecule has 2 N–H and O–H groups in total. The van der Waals surface area contributed by atoms with Crippen LogP contribution in [-0.4, -0.2) is 36.3 Å². The number of rotatable bonds is 9. The molecule has 0 amide bonds. The van der Waals surface area contributed by atoms with Gasteiger partial charge in [-0.3, -0.25) is 0 Å². The molecule has 0 spiro atoms. The Bertz CT molecular complexity index is 686. The Morgan fingerprint density at radius 1 is 1.22 bits per heavy atom. The Morgan fingerprint density at radius 2 is 1.96 bits per heavy atom. The smallest absolute Gasteiger partial charge is 0.226 e. The van der Waals surface area contributed by atoms with Crippen molar-refractivity contribution in [2.24, 2.45) is 4.99 Å². The van der Waals surface area contributed by atoms with Gasteiger partial charge in [-0.25, -0.2) is 4.99 Å². The van der Waals surface area contributed by atoms with E-state index in [2.05, 4.69) is 46.5 Å². The summed E-state index contributed by atoms with van der Waals surface area (Å²) >= 11 is 0. The molecular weight excluding hydrogens is 457 g/mol. The van der Waals surface area contributed by atoms with Crippen molar-refractivity contribution in [2.45, 2.75) is 46.1 Å². The largest absolute Gasteiger partial charge is 0.497 e. The van der Waals surface area contributed by atoms with Crippen molar-refractivity contribution in [2.75, 3.05) is 20.2 Å². The molecule has 0 saturated heterocycles. The van der Waals surface area contributed by atoms with Crippen molar-refractivity contribution in [1.82, 2.24) is 20.8 Å². The summed E-state index contributed by atoms with van der Waals surface area (Å²) in [7, 11) is 1.66. The summed E-state index contributed by atoms with van der Waals surface area (Å²) in [6.45, 7) is 8.37. The molecule has 1 aromatic heterocycles. The molecule has 1 heterocycles. The highest BCUT2D eigenvalue weighted by Crippen LogP contribution is 2.12. The summed E-state index contributed by atoms with van der Waals surface area (Å²) in [6.07, 6.45) is 1.65. The third-order valence-corrected chi connectivity index (χ3v) is 3.78. The van der Waals surface area contributed by atoms with Crippen LogP contribution in [0, 0.1) is 0 Å². The van der Waals surface area contributed by atoms with Gasteiger partial charge < -0.3 is 19.9 Å². The number of hydrogen-bond acceptors (Lipinski definition) is 5. The summed E-state index contributed by atoms with van der Waals surface area (Å²) in [4.78, 5) is 9.00. The highest BCUT2D eigenvalue weighted by molar-refractivity contribution is 14.0. The second kappa shape index (κ2) is 12.5. The second-order valence-electron chi connectivity index (χ2n) is 6.27. The monoisotopic (exact) mass is 487 g/mol. The average molecular weight is 487 g/mol. The predicted molar refractivity (Wildman–Crippen MR) is 118 cm³/mol. The third-order valence-electron chi connectivity index (χ3n) is 3.78. The van der Waals surface area contributed by atoms with Gasteiger partial charge in [0.1, 0.15) is 5.75 Å². The number of aromatic nitrogens is 2. The molecule has 2 rings (SSSR count). The van der Waals surface area contributed by atoms with E-state index in [1.807, 2.05) is 24.3 Å². The third kappa shape index (κ3) is 8.15. The van der Waals surface area contributed by atoms with E-state index in [4.69, 9.17) is 9.26 Å². The van der Waals surface area contributed by atoms with Crippen LogP contribution >= 0.6 is 24.0 Å². The number of halogens is 1. The minimum atomic E-state index is 0. The van der Waals surface area contributed by atoms with Crippen molar-refractivity contribution >= 4 is 29.9 Å². The molecule has 0 saturated carbocycles. The van der Waals surface area contributed by atoms with Gasteiger partial charge in [0.05, 0.1) is 13.7 Å². The molecule has 0 aliphatic rings. The SMILES string of the molecule is CCNC(=NCc1ccc(OC)cc1)NCCCc1nc(C(C)C)no1.I. The van der Waals surface area contributed by atoms with Gasteiger partial charge in [-0.1, -0.05) is 31.1 Å². The van der Waals surface area contributed by atoms with E-state index >= 15 is 0 Å². The van der Waals surface area contributed by atoms with Gasteiger partial charge >= 0.3 is 0 Å². The van der Waals surface area contributed by atoms with Gasteiger partial charge in [0.25, 0.3) is 0 Å². The Hall–Kier alpha value is -1.84. The molecule has 8 heteroatoms. The number of aliphatic imine (C=N–C) groups is 1. The van der Waals surface area contributed by atoms with E-state index < -0.39 is 0 Å². The quantitative estimate of drug-likeness (QED) is 0.244. The van der Waals surface area contributed by atoms with Crippen molar-refractivity contribution in [3.8, 4) is 5.75 Å². The number of benzene rings is 1. The van der Waals surface area contributed by atoms with Crippen LogP contribution in [0.1, 0.15) is 50.4 Å². The fourth-order valence-corrected chi connectivity index (χ4v) is 2.29. The molecule has 2 aromatic rings. The van der Waals surface area contributed by atoms with Gasteiger partial charge in [-0.15, -0.1) is 24.0 Å². The molecule has 150 valence electrons. The van der Waals surface area contributed by atoms with Crippen LogP contribution in [0.25, 0.3) is 0 Å². The molecule has 0 radical (unpaired) electrons. The maximum atomic E-state index is 5.26. The van der Waals surface area contributed by atoms with Gasteiger partial charge in [-0.05, 0) is 31.0 Å². The Kier molecular flexibility index (Phi) is 10.8. The summed E-state index contributed by atoms with van der Waals surface area (Å²) in [5.74, 6) is 3.40. The van der Waals surface area contributed by atoms with Crippen molar-refractivity contribution in [3.05, 3.63) is 41.5 Å². The van der Waals surface area contributed by atoms with E-state index in [1.165, 1.54) is 0 Å². The van der Waals surface area contributed by atoms with Crippen LogP contribution in [0.3, 0.4) is 0 Å². The highest BCUT2D eigenvalue weighted by Gasteiger charge is 2.09. The van der Waals surface area contributed by atoms with Gasteiger partial charge in [0.15, 0.2) is 11.8 Å². The van der Waals surface area contributed by atoms with Crippen LogP contribution in [0.4, 0.5) is 0 Å².